The van der Waals surface area contributed by atoms with Crippen LogP contribution in [0.5, 0.6) is 0 Å². The van der Waals surface area contributed by atoms with Crippen LogP contribution in [0.3, 0.4) is 0 Å². The van der Waals surface area contributed by atoms with Crippen LogP contribution in [0.2, 0.25) is 0 Å². The molecule has 0 fully saturated rings. The predicted molar refractivity (Wildman–Crippen MR) is 56.4 cm³/mol. The zero-order valence-electron chi connectivity index (χ0n) is 9.81. The van der Waals surface area contributed by atoms with E-state index >= 15 is 0 Å². The maximum Gasteiger partial charge on any atom is 0.0163 e. The second kappa shape index (κ2) is 4.27. The summed E-state index contributed by atoms with van der Waals surface area (Å²) in [5, 5.41) is 0. The van der Waals surface area contributed by atoms with Crippen LogP contribution < -0.4 is 0 Å². The highest BCUT2D eigenvalue weighted by atomic mass is 15.1. The standard InChI is InChI=1S/C11H25N/c1-8-9(2)10(12(6)7)11(3,4)5/h9-10H,8H2,1-7H3. The molecule has 12 heavy (non-hydrogen) atoms. The van der Waals surface area contributed by atoms with Gasteiger partial charge >= 0.3 is 0 Å². The molecule has 0 radical (unpaired) electrons. The molecule has 0 aliphatic heterocycles. The van der Waals surface area contributed by atoms with E-state index in [1.807, 2.05) is 0 Å². The third kappa shape index (κ3) is 3.14. The summed E-state index contributed by atoms with van der Waals surface area (Å²) in [4.78, 5) is 2.36. The highest BCUT2D eigenvalue weighted by Gasteiger charge is 2.30. The molecule has 0 N–H and O–H groups in total. The Balaban J connectivity index is 4.44. The zero-order valence-corrected chi connectivity index (χ0v) is 9.81. The molecule has 74 valence electrons. The zero-order chi connectivity index (χ0) is 9.94. The lowest BCUT2D eigenvalue weighted by Gasteiger charge is -2.40. The van der Waals surface area contributed by atoms with Crippen molar-refractivity contribution in [1.29, 1.82) is 0 Å². The molecule has 0 saturated heterocycles. The Morgan fingerprint density at radius 2 is 1.58 bits per heavy atom. The summed E-state index contributed by atoms with van der Waals surface area (Å²) < 4.78 is 0. The van der Waals surface area contributed by atoms with Crippen molar-refractivity contribution in [2.45, 2.75) is 47.1 Å². The van der Waals surface area contributed by atoms with Gasteiger partial charge in [-0.2, -0.15) is 0 Å². The topological polar surface area (TPSA) is 3.24 Å². The van der Waals surface area contributed by atoms with Crippen molar-refractivity contribution >= 4 is 0 Å². The van der Waals surface area contributed by atoms with Crippen LogP contribution in [0.1, 0.15) is 41.0 Å². The Kier molecular flexibility index (Phi) is 4.25. The van der Waals surface area contributed by atoms with E-state index in [4.69, 9.17) is 0 Å². The molecule has 0 saturated carbocycles. The SMILES string of the molecule is CCC(C)C(N(C)C)C(C)(C)C. The molecule has 2 atom stereocenters. The third-order valence-electron chi connectivity index (χ3n) is 2.63. The summed E-state index contributed by atoms with van der Waals surface area (Å²) in [5.74, 6) is 0.778. The molecule has 2 unspecified atom stereocenters. The highest BCUT2D eigenvalue weighted by molar-refractivity contribution is 4.83. The molecule has 0 rings (SSSR count). The van der Waals surface area contributed by atoms with Crippen molar-refractivity contribution in [3.8, 4) is 0 Å². The minimum absolute atomic E-state index is 0.388. The monoisotopic (exact) mass is 171 g/mol. The van der Waals surface area contributed by atoms with Crippen LogP contribution >= 0.6 is 0 Å². The normalized spacial score (nSPS) is 18.0. The lowest BCUT2D eigenvalue weighted by atomic mass is 9.78. The average molecular weight is 171 g/mol. The first-order valence-electron chi connectivity index (χ1n) is 4.97. The molecule has 0 bridgehead atoms. The van der Waals surface area contributed by atoms with E-state index in [2.05, 4.69) is 53.6 Å². The summed E-state index contributed by atoms with van der Waals surface area (Å²) in [6, 6.07) is 0.683. The van der Waals surface area contributed by atoms with Crippen LogP contribution in [0.15, 0.2) is 0 Å². The van der Waals surface area contributed by atoms with E-state index in [1.165, 1.54) is 6.42 Å². The molecule has 1 nitrogen and oxygen atoms in total. The minimum Gasteiger partial charge on any atom is -0.306 e. The number of hydrogen-bond acceptors (Lipinski definition) is 1. The summed E-state index contributed by atoms with van der Waals surface area (Å²) in [6.07, 6.45) is 1.26. The molecule has 0 heterocycles. The maximum atomic E-state index is 2.36. The second-order valence-corrected chi connectivity index (χ2v) is 5.16. The van der Waals surface area contributed by atoms with E-state index < -0.39 is 0 Å². The van der Waals surface area contributed by atoms with Crippen LogP contribution in [0.4, 0.5) is 0 Å². The molecule has 1 heteroatoms. The van der Waals surface area contributed by atoms with Crippen molar-refractivity contribution in [2.75, 3.05) is 14.1 Å². The van der Waals surface area contributed by atoms with E-state index in [-0.39, 0.29) is 0 Å². The number of rotatable bonds is 3. The van der Waals surface area contributed by atoms with Crippen LogP contribution in [-0.4, -0.2) is 25.0 Å². The van der Waals surface area contributed by atoms with Gasteiger partial charge in [-0.05, 0) is 25.4 Å². The van der Waals surface area contributed by atoms with E-state index in [0.717, 1.165) is 5.92 Å². The molecule has 0 aromatic rings. The fourth-order valence-electron chi connectivity index (χ4n) is 2.36. The maximum absolute atomic E-state index is 2.36. The Hall–Kier alpha value is -0.0400. The van der Waals surface area contributed by atoms with Gasteiger partial charge in [-0.3, -0.25) is 0 Å². The molecule has 0 aromatic carbocycles. The number of nitrogens with zero attached hydrogens (tertiary/aromatic N) is 1. The van der Waals surface area contributed by atoms with Crippen molar-refractivity contribution in [3.63, 3.8) is 0 Å². The lowest BCUT2D eigenvalue weighted by molar-refractivity contribution is 0.0983. The van der Waals surface area contributed by atoms with Gasteiger partial charge < -0.3 is 4.90 Å². The Morgan fingerprint density at radius 1 is 1.17 bits per heavy atom. The quantitative estimate of drug-likeness (QED) is 0.631. The molecule has 0 aromatic heterocycles. The van der Waals surface area contributed by atoms with Crippen LogP contribution in [0, 0.1) is 11.3 Å². The van der Waals surface area contributed by atoms with E-state index in [1.54, 1.807) is 0 Å². The van der Waals surface area contributed by atoms with E-state index in [9.17, 15) is 0 Å². The highest BCUT2D eigenvalue weighted by Crippen LogP contribution is 2.29. The summed E-state index contributed by atoms with van der Waals surface area (Å²) in [7, 11) is 4.37. The van der Waals surface area contributed by atoms with Crippen molar-refractivity contribution < 1.29 is 0 Å². The predicted octanol–water partition coefficient (Wildman–Crippen LogP) is 3.01. The largest absolute Gasteiger partial charge is 0.306 e. The average Bonchev–Trinajstić information content (AvgIpc) is 1.83. The van der Waals surface area contributed by atoms with Gasteiger partial charge in [-0.15, -0.1) is 0 Å². The Labute approximate surface area is 78.1 Å². The van der Waals surface area contributed by atoms with Gasteiger partial charge in [0.15, 0.2) is 0 Å². The molecular formula is C11H25N. The van der Waals surface area contributed by atoms with Gasteiger partial charge in [-0.1, -0.05) is 41.0 Å². The van der Waals surface area contributed by atoms with Gasteiger partial charge in [0, 0.05) is 6.04 Å². The van der Waals surface area contributed by atoms with Gasteiger partial charge in [0.1, 0.15) is 0 Å². The Bertz CT molecular complexity index is 121. The lowest BCUT2D eigenvalue weighted by Crippen LogP contribution is -2.43. The first-order valence-corrected chi connectivity index (χ1v) is 4.97. The smallest absolute Gasteiger partial charge is 0.0163 e. The first-order chi connectivity index (χ1) is 5.30. The molecule has 0 aliphatic rings. The second-order valence-electron chi connectivity index (χ2n) is 5.16. The molecule has 0 aliphatic carbocycles. The van der Waals surface area contributed by atoms with Crippen LogP contribution in [0.25, 0.3) is 0 Å². The fourth-order valence-corrected chi connectivity index (χ4v) is 2.36. The van der Waals surface area contributed by atoms with Gasteiger partial charge in [0.2, 0.25) is 0 Å². The molecule has 0 amide bonds. The van der Waals surface area contributed by atoms with Crippen LogP contribution in [-0.2, 0) is 0 Å². The van der Waals surface area contributed by atoms with Gasteiger partial charge in [-0.25, -0.2) is 0 Å². The van der Waals surface area contributed by atoms with E-state index in [0.29, 0.717) is 11.5 Å². The third-order valence-corrected chi connectivity index (χ3v) is 2.63. The molecular weight excluding hydrogens is 146 g/mol. The number of hydrogen-bond donors (Lipinski definition) is 0. The van der Waals surface area contributed by atoms with Gasteiger partial charge in [0.25, 0.3) is 0 Å². The fraction of sp³-hybridized carbons (Fsp3) is 1.00. The Morgan fingerprint density at radius 3 is 1.67 bits per heavy atom. The summed E-state index contributed by atoms with van der Waals surface area (Å²) in [5.41, 5.74) is 0.388. The van der Waals surface area contributed by atoms with Crippen molar-refractivity contribution in [2.24, 2.45) is 11.3 Å². The summed E-state index contributed by atoms with van der Waals surface area (Å²) in [6.45, 7) is 11.6. The van der Waals surface area contributed by atoms with Gasteiger partial charge in [0.05, 0.1) is 0 Å². The molecule has 0 spiro atoms. The minimum atomic E-state index is 0.388. The first kappa shape index (κ1) is 12.0. The summed E-state index contributed by atoms with van der Waals surface area (Å²) >= 11 is 0. The van der Waals surface area contributed by atoms with Crippen molar-refractivity contribution in [1.82, 2.24) is 4.90 Å². The van der Waals surface area contributed by atoms with Crippen molar-refractivity contribution in [3.05, 3.63) is 0 Å².